The number of aryl methyl sites for hydroxylation is 1. The predicted octanol–water partition coefficient (Wildman–Crippen LogP) is 5.01. The molecule has 3 aromatic rings. The summed E-state index contributed by atoms with van der Waals surface area (Å²) in [5.41, 5.74) is 2.11. The summed E-state index contributed by atoms with van der Waals surface area (Å²) in [6.07, 6.45) is 1.37. The zero-order valence-electron chi connectivity index (χ0n) is 15.8. The summed E-state index contributed by atoms with van der Waals surface area (Å²) in [6.45, 7) is 0.454. The summed E-state index contributed by atoms with van der Waals surface area (Å²) in [4.78, 5) is 28.7. The van der Waals surface area contributed by atoms with Gasteiger partial charge in [-0.25, -0.2) is 9.37 Å². The first-order valence-electron chi connectivity index (χ1n) is 9.09. The van der Waals surface area contributed by atoms with Crippen molar-refractivity contribution in [1.82, 2.24) is 4.98 Å². The number of anilines is 2. The van der Waals surface area contributed by atoms with Crippen molar-refractivity contribution >= 4 is 57.0 Å². The fraction of sp³-hybridized carbons (Fsp3) is 0.250. The number of aliphatic carboxylic acids is 1. The van der Waals surface area contributed by atoms with Gasteiger partial charge in [0.05, 0.1) is 17.0 Å². The lowest BCUT2D eigenvalue weighted by Gasteiger charge is -2.11. The lowest BCUT2D eigenvalue weighted by molar-refractivity contribution is -0.136. The third-order valence-electron chi connectivity index (χ3n) is 4.09. The van der Waals surface area contributed by atoms with Gasteiger partial charge in [0, 0.05) is 28.4 Å². The third kappa shape index (κ3) is 6.25. The number of carbonyl (C=O) groups excluding carboxylic acids is 1. The number of thiazole rings is 1. The highest BCUT2D eigenvalue weighted by Crippen LogP contribution is 2.24. The molecule has 2 heterocycles. The van der Waals surface area contributed by atoms with Crippen LogP contribution in [0.15, 0.2) is 35.7 Å². The van der Waals surface area contributed by atoms with E-state index >= 15 is 0 Å². The average molecular weight is 468 g/mol. The smallest absolute Gasteiger partial charge is 0.309 e. The molecule has 0 atom stereocenters. The second-order valence-electron chi connectivity index (χ2n) is 6.38. The van der Waals surface area contributed by atoms with Gasteiger partial charge in [0.15, 0.2) is 5.13 Å². The Morgan fingerprint density at radius 3 is 2.83 bits per heavy atom. The van der Waals surface area contributed by atoms with Crippen molar-refractivity contribution in [3.05, 3.63) is 62.5 Å². The lowest BCUT2D eigenvalue weighted by atomic mass is 10.1. The molecule has 0 fully saturated rings. The number of hydrogen-bond donors (Lipinski definition) is 3. The fourth-order valence-corrected chi connectivity index (χ4v) is 4.41. The number of carboxylic acid groups (broad SMARTS) is 1. The Morgan fingerprint density at radius 2 is 2.07 bits per heavy atom. The number of benzene rings is 1. The van der Waals surface area contributed by atoms with Crippen molar-refractivity contribution < 1.29 is 19.1 Å². The summed E-state index contributed by atoms with van der Waals surface area (Å²) < 4.78 is 13.6. The zero-order valence-corrected chi connectivity index (χ0v) is 18.2. The molecule has 3 rings (SSSR count). The molecule has 10 heteroatoms. The number of carbonyl (C=O) groups is 2. The maximum atomic E-state index is 13.6. The number of amides is 1. The minimum atomic E-state index is -0.974. The van der Waals surface area contributed by atoms with Crippen LogP contribution in [0.5, 0.6) is 0 Å². The highest BCUT2D eigenvalue weighted by molar-refractivity contribution is 7.15. The molecule has 1 aromatic carbocycles. The van der Waals surface area contributed by atoms with Crippen LogP contribution in [-0.4, -0.2) is 27.8 Å². The highest BCUT2D eigenvalue weighted by Gasteiger charge is 2.13. The van der Waals surface area contributed by atoms with Gasteiger partial charge >= 0.3 is 5.97 Å². The van der Waals surface area contributed by atoms with Crippen molar-refractivity contribution in [3.8, 4) is 0 Å². The van der Waals surface area contributed by atoms with Crippen LogP contribution in [0, 0.1) is 5.82 Å². The first-order chi connectivity index (χ1) is 14.4. The Kier molecular flexibility index (Phi) is 7.78. The van der Waals surface area contributed by atoms with Crippen molar-refractivity contribution in [2.75, 3.05) is 16.5 Å². The van der Waals surface area contributed by atoms with E-state index in [1.165, 1.54) is 34.8 Å². The topological polar surface area (TPSA) is 91.3 Å². The van der Waals surface area contributed by atoms with Gasteiger partial charge in [0.2, 0.25) is 0 Å². The summed E-state index contributed by atoms with van der Waals surface area (Å²) in [6, 6.07) is 8.19. The lowest BCUT2D eigenvalue weighted by Crippen LogP contribution is -2.10. The number of hydrogen-bond acceptors (Lipinski definition) is 6. The summed E-state index contributed by atoms with van der Waals surface area (Å²) >= 11 is 8.26. The molecule has 0 saturated heterocycles. The number of carboxylic acids is 1. The van der Waals surface area contributed by atoms with Crippen LogP contribution in [-0.2, 0) is 24.2 Å². The molecule has 0 bridgehead atoms. The SMILES string of the molecule is O=C(O)Cc1csc(NC(=O)c2ccc(CNc3cc(F)ccc3CCCCl)s2)n1. The van der Waals surface area contributed by atoms with Crippen molar-refractivity contribution in [2.45, 2.75) is 25.8 Å². The van der Waals surface area contributed by atoms with Crippen LogP contribution in [0.1, 0.15) is 32.2 Å². The molecule has 0 aliphatic heterocycles. The number of halogens is 2. The van der Waals surface area contributed by atoms with Crippen molar-refractivity contribution in [3.63, 3.8) is 0 Å². The number of nitrogens with one attached hydrogen (secondary N) is 2. The quantitative estimate of drug-likeness (QED) is 0.365. The van der Waals surface area contributed by atoms with E-state index in [0.717, 1.165) is 23.3 Å². The standard InChI is InChI=1S/C20H19ClFN3O3S2/c21-7-1-2-12-3-4-13(22)8-16(12)23-10-15-5-6-17(30-15)19(28)25-20-24-14(11-29-20)9-18(26)27/h3-6,8,11,23H,1-2,7,9-10H2,(H,26,27)(H,24,25,28). The van der Waals surface area contributed by atoms with Gasteiger partial charge in [0.25, 0.3) is 5.91 Å². The van der Waals surface area contributed by atoms with Crippen LogP contribution in [0.2, 0.25) is 0 Å². The maximum Gasteiger partial charge on any atom is 0.309 e. The zero-order chi connectivity index (χ0) is 21.5. The molecular formula is C20H19ClFN3O3S2. The molecule has 0 saturated carbocycles. The van der Waals surface area contributed by atoms with Crippen LogP contribution in [0.3, 0.4) is 0 Å². The summed E-state index contributed by atoms with van der Waals surface area (Å²) in [7, 11) is 0. The Hall–Kier alpha value is -2.49. The first-order valence-corrected chi connectivity index (χ1v) is 11.3. The Bertz CT molecular complexity index is 1040. The highest BCUT2D eigenvalue weighted by atomic mass is 35.5. The molecule has 0 aliphatic rings. The second-order valence-corrected chi connectivity index (χ2v) is 8.79. The molecule has 3 N–H and O–H groups in total. The molecule has 0 spiro atoms. The number of aromatic nitrogens is 1. The van der Waals surface area contributed by atoms with Gasteiger partial charge in [-0.3, -0.25) is 14.9 Å². The first kappa shape index (κ1) is 22.2. The van der Waals surface area contributed by atoms with E-state index < -0.39 is 5.97 Å². The number of alkyl halides is 1. The minimum Gasteiger partial charge on any atom is -0.481 e. The molecule has 2 aromatic heterocycles. The number of rotatable bonds is 10. The molecule has 158 valence electrons. The molecule has 6 nitrogen and oxygen atoms in total. The van der Waals surface area contributed by atoms with Gasteiger partial charge in [-0.15, -0.1) is 34.3 Å². The monoisotopic (exact) mass is 467 g/mol. The van der Waals surface area contributed by atoms with Crippen LogP contribution >= 0.6 is 34.3 Å². The Balaban J connectivity index is 1.60. The summed E-state index contributed by atoms with van der Waals surface area (Å²) in [5.74, 6) is -1.06. The van der Waals surface area contributed by atoms with E-state index in [0.29, 0.717) is 33.8 Å². The third-order valence-corrected chi connectivity index (χ3v) is 6.25. The van der Waals surface area contributed by atoms with Gasteiger partial charge < -0.3 is 10.4 Å². The van der Waals surface area contributed by atoms with E-state index in [1.54, 1.807) is 17.5 Å². The van der Waals surface area contributed by atoms with E-state index in [9.17, 15) is 14.0 Å². The Labute approximate surface area is 185 Å². The largest absolute Gasteiger partial charge is 0.481 e. The van der Waals surface area contributed by atoms with E-state index in [-0.39, 0.29) is 18.1 Å². The Morgan fingerprint density at radius 1 is 1.23 bits per heavy atom. The van der Waals surface area contributed by atoms with Crippen LogP contribution in [0.4, 0.5) is 15.2 Å². The average Bonchev–Trinajstić information content (AvgIpc) is 3.34. The molecule has 0 unspecified atom stereocenters. The summed E-state index contributed by atoms with van der Waals surface area (Å²) in [5, 5.41) is 16.7. The molecule has 1 amide bonds. The van der Waals surface area contributed by atoms with Crippen molar-refractivity contribution in [1.29, 1.82) is 0 Å². The molecule has 30 heavy (non-hydrogen) atoms. The van der Waals surface area contributed by atoms with E-state index in [2.05, 4.69) is 15.6 Å². The fourth-order valence-electron chi connectivity index (χ4n) is 2.73. The van der Waals surface area contributed by atoms with Crippen LogP contribution < -0.4 is 10.6 Å². The van der Waals surface area contributed by atoms with Gasteiger partial charge in [-0.2, -0.15) is 0 Å². The molecule has 0 radical (unpaired) electrons. The van der Waals surface area contributed by atoms with E-state index in [4.69, 9.17) is 16.7 Å². The molecule has 0 aliphatic carbocycles. The van der Waals surface area contributed by atoms with Gasteiger partial charge in [0.1, 0.15) is 5.82 Å². The normalized spacial score (nSPS) is 10.7. The van der Waals surface area contributed by atoms with Crippen LogP contribution in [0.25, 0.3) is 0 Å². The van der Waals surface area contributed by atoms with E-state index in [1.807, 2.05) is 6.07 Å². The number of thiophene rings is 1. The van der Waals surface area contributed by atoms with Gasteiger partial charge in [-0.1, -0.05) is 6.07 Å². The van der Waals surface area contributed by atoms with Crippen molar-refractivity contribution in [2.24, 2.45) is 0 Å². The van der Waals surface area contributed by atoms with Gasteiger partial charge in [-0.05, 0) is 42.7 Å². The maximum absolute atomic E-state index is 13.6. The second kappa shape index (κ2) is 10.5. The predicted molar refractivity (Wildman–Crippen MR) is 118 cm³/mol. The molecular weight excluding hydrogens is 449 g/mol. The minimum absolute atomic E-state index is 0.186. The number of nitrogens with zero attached hydrogens (tertiary/aromatic N) is 1.